The lowest BCUT2D eigenvalue weighted by atomic mass is 9.85. The first-order chi connectivity index (χ1) is 25.1. The lowest BCUT2D eigenvalue weighted by molar-refractivity contribution is -0.238. The predicted molar refractivity (Wildman–Crippen MR) is 193 cm³/mol. The van der Waals surface area contributed by atoms with E-state index in [0.29, 0.717) is 0 Å². The minimum atomic E-state index is -1.02. The van der Waals surface area contributed by atoms with Crippen molar-refractivity contribution in [3.05, 3.63) is 167 Å². The minimum Gasteiger partial charge on any atom is -0.497 e. The molecule has 1 aliphatic carbocycles. The van der Waals surface area contributed by atoms with E-state index in [-0.39, 0.29) is 38.8 Å². The Morgan fingerprint density at radius 1 is 0.373 bits per heavy atom. The zero-order valence-corrected chi connectivity index (χ0v) is 29.0. The molecule has 0 aliphatic heterocycles. The van der Waals surface area contributed by atoms with Gasteiger partial charge in [0, 0.05) is 0 Å². The van der Waals surface area contributed by atoms with Gasteiger partial charge in [0.15, 0.2) is 5.78 Å². The molecule has 0 amide bonds. The fourth-order valence-electron chi connectivity index (χ4n) is 6.04. The van der Waals surface area contributed by atoms with Crippen molar-refractivity contribution >= 4 is 5.78 Å². The number of methoxy groups -OCH3 is 2. The normalized spacial score (nSPS) is 20.2. The number of rotatable bonds is 17. The third-order valence-electron chi connectivity index (χ3n) is 8.84. The average molecular weight is 689 g/mol. The van der Waals surface area contributed by atoms with Crippen LogP contribution in [-0.2, 0) is 61.5 Å². The van der Waals surface area contributed by atoms with E-state index in [1.807, 2.05) is 140 Å². The third-order valence-corrected chi connectivity index (χ3v) is 8.84. The van der Waals surface area contributed by atoms with Gasteiger partial charge in [0.1, 0.15) is 42.0 Å². The molecule has 0 unspecified atom stereocenters. The van der Waals surface area contributed by atoms with Gasteiger partial charge >= 0.3 is 0 Å². The number of carbonyl (C=O) groups excluding carboxylic acids is 1. The van der Waals surface area contributed by atoms with E-state index in [9.17, 15) is 4.79 Å². The minimum absolute atomic E-state index is 0.164. The van der Waals surface area contributed by atoms with Gasteiger partial charge in [-0.15, -0.1) is 0 Å². The molecule has 5 atom stereocenters. The van der Waals surface area contributed by atoms with Gasteiger partial charge in [-0.2, -0.15) is 0 Å². The highest BCUT2D eigenvalue weighted by Gasteiger charge is 2.54. The highest BCUT2D eigenvalue weighted by molar-refractivity contribution is 5.90. The van der Waals surface area contributed by atoms with Gasteiger partial charge in [-0.05, 0) is 52.1 Å². The molecule has 0 saturated heterocycles. The van der Waals surface area contributed by atoms with Crippen molar-refractivity contribution in [1.82, 2.24) is 0 Å². The zero-order valence-electron chi connectivity index (χ0n) is 29.0. The molecule has 8 heteroatoms. The van der Waals surface area contributed by atoms with E-state index in [2.05, 4.69) is 0 Å². The summed E-state index contributed by atoms with van der Waals surface area (Å²) in [4.78, 5) is 14.7. The maximum atomic E-state index is 14.7. The van der Waals surface area contributed by atoms with Crippen LogP contribution in [0.3, 0.4) is 0 Å². The highest BCUT2D eigenvalue weighted by atomic mass is 16.6. The Bertz CT molecular complexity index is 1750. The number of hydrogen-bond acceptors (Lipinski definition) is 8. The van der Waals surface area contributed by atoms with E-state index in [1.54, 1.807) is 14.2 Å². The Balaban J connectivity index is 1.35. The molecular weight excluding hydrogens is 644 g/mol. The van der Waals surface area contributed by atoms with E-state index in [1.165, 1.54) is 0 Å². The SMILES string of the molecule is COc1ccc(CO[C@@H]2[C@H](OCc3ccccc3)[C@H](OCc3ccccc3)C(=O)[C@H](OCc3ccc(OC)cc3)[C@H]2OCc2ccccc2)cc1. The number of carbonyl (C=O) groups is 1. The molecular formula is C43H44O8. The first-order valence-corrected chi connectivity index (χ1v) is 17.1. The second-order valence-electron chi connectivity index (χ2n) is 12.3. The molecule has 0 bridgehead atoms. The Hall–Kier alpha value is -4.83. The molecule has 5 aromatic rings. The molecule has 51 heavy (non-hydrogen) atoms. The van der Waals surface area contributed by atoms with Crippen LogP contribution >= 0.6 is 0 Å². The van der Waals surface area contributed by atoms with Gasteiger partial charge in [-0.3, -0.25) is 4.79 Å². The first kappa shape index (κ1) is 36.0. The van der Waals surface area contributed by atoms with Gasteiger partial charge in [0.2, 0.25) is 0 Å². The fourth-order valence-corrected chi connectivity index (χ4v) is 6.04. The summed E-state index contributed by atoms with van der Waals surface area (Å²) in [5.41, 5.74) is 4.65. The third kappa shape index (κ3) is 9.91. The molecule has 8 nitrogen and oxygen atoms in total. The van der Waals surface area contributed by atoms with Crippen LogP contribution in [0.15, 0.2) is 140 Å². The highest BCUT2D eigenvalue weighted by Crippen LogP contribution is 2.33. The van der Waals surface area contributed by atoms with Crippen LogP contribution in [0.1, 0.15) is 27.8 Å². The van der Waals surface area contributed by atoms with Crippen LogP contribution in [0.25, 0.3) is 0 Å². The number of Topliss-reactive ketones (excluding diaryl/α,β-unsaturated/α-hetero) is 1. The maximum absolute atomic E-state index is 14.7. The second-order valence-corrected chi connectivity index (χ2v) is 12.3. The molecule has 6 rings (SSSR count). The summed E-state index contributed by atoms with van der Waals surface area (Å²) < 4.78 is 43.8. The molecule has 0 N–H and O–H groups in total. The number of hydrogen-bond donors (Lipinski definition) is 0. The van der Waals surface area contributed by atoms with E-state index >= 15 is 0 Å². The van der Waals surface area contributed by atoms with Crippen molar-refractivity contribution < 1.29 is 38.0 Å². The number of ether oxygens (including phenoxy) is 7. The van der Waals surface area contributed by atoms with Crippen LogP contribution in [0.2, 0.25) is 0 Å². The summed E-state index contributed by atoms with van der Waals surface area (Å²) in [5.74, 6) is 1.22. The van der Waals surface area contributed by atoms with Gasteiger partial charge in [0.05, 0.1) is 47.3 Å². The van der Waals surface area contributed by atoms with Gasteiger partial charge in [-0.25, -0.2) is 0 Å². The molecule has 0 heterocycles. The molecule has 0 aromatic heterocycles. The molecule has 1 aliphatic rings. The fraction of sp³-hybridized carbons (Fsp3) is 0.279. The van der Waals surface area contributed by atoms with Gasteiger partial charge in [0.25, 0.3) is 0 Å². The summed E-state index contributed by atoms with van der Waals surface area (Å²) in [5, 5.41) is 0. The van der Waals surface area contributed by atoms with E-state index < -0.39 is 30.5 Å². The smallest absolute Gasteiger partial charge is 0.195 e. The van der Waals surface area contributed by atoms with E-state index in [4.69, 9.17) is 33.2 Å². The quantitative estimate of drug-likeness (QED) is 0.0993. The first-order valence-electron chi connectivity index (χ1n) is 17.1. The lowest BCUT2D eigenvalue weighted by Crippen LogP contribution is -2.65. The largest absolute Gasteiger partial charge is 0.497 e. The molecule has 1 fully saturated rings. The topological polar surface area (TPSA) is 81.7 Å². The van der Waals surface area contributed by atoms with Gasteiger partial charge < -0.3 is 33.2 Å². The van der Waals surface area contributed by atoms with Crippen molar-refractivity contribution in [2.75, 3.05) is 14.2 Å². The van der Waals surface area contributed by atoms with Crippen LogP contribution in [-0.4, -0.2) is 50.5 Å². The standard InChI is InChI=1S/C43H44O8/c1-45-36-22-18-34(19-23-36)29-48-40-38(44)39(47-26-31-12-6-3-7-13-31)41(49-27-32-14-8-4-9-15-32)43(42(40)50-28-33-16-10-5-11-17-33)51-30-35-20-24-37(46-2)25-21-35/h3-25,39-43H,26-30H2,1-2H3/t39-,40+,41-,42-,43-/m1/s1. The van der Waals surface area contributed by atoms with Crippen LogP contribution in [0.5, 0.6) is 11.5 Å². The Kier molecular flexibility index (Phi) is 13.0. The Morgan fingerprint density at radius 3 is 1.00 bits per heavy atom. The number of benzene rings is 5. The van der Waals surface area contributed by atoms with Crippen molar-refractivity contribution in [2.24, 2.45) is 0 Å². The molecule has 0 radical (unpaired) electrons. The Morgan fingerprint density at radius 2 is 0.667 bits per heavy atom. The average Bonchev–Trinajstić information content (AvgIpc) is 3.19. The Labute approximate surface area is 299 Å². The molecule has 0 spiro atoms. The van der Waals surface area contributed by atoms with E-state index in [0.717, 1.165) is 39.3 Å². The second kappa shape index (κ2) is 18.4. The predicted octanol–water partition coefficient (Wildman–Crippen LogP) is 7.51. The van der Waals surface area contributed by atoms with Crippen LogP contribution in [0.4, 0.5) is 0 Å². The molecule has 5 aromatic carbocycles. The molecule has 264 valence electrons. The van der Waals surface area contributed by atoms with Crippen molar-refractivity contribution in [2.45, 2.75) is 63.6 Å². The van der Waals surface area contributed by atoms with Crippen LogP contribution < -0.4 is 9.47 Å². The number of ketones is 1. The maximum Gasteiger partial charge on any atom is 0.195 e. The summed E-state index contributed by atoms with van der Waals surface area (Å²) in [6.07, 6.45) is -4.42. The van der Waals surface area contributed by atoms with Gasteiger partial charge in [-0.1, -0.05) is 115 Å². The summed E-state index contributed by atoms with van der Waals surface area (Å²) in [6, 6.07) is 44.7. The van der Waals surface area contributed by atoms with Crippen LogP contribution in [0, 0.1) is 0 Å². The molecule has 1 saturated carbocycles. The summed E-state index contributed by atoms with van der Waals surface area (Å²) in [7, 11) is 3.26. The lowest BCUT2D eigenvalue weighted by Gasteiger charge is -2.44. The summed E-state index contributed by atoms with van der Waals surface area (Å²) in [6.45, 7) is 1.08. The van der Waals surface area contributed by atoms with Crippen molar-refractivity contribution in [3.63, 3.8) is 0 Å². The summed E-state index contributed by atoms with van der Waals surface area (Å²) >= 11 is 0. The van der Waals surface area contributed by atoms with Crippen molar-refractivity contribution in [1.29, 1.82) is 0 Å². The van der Waals surface area contributed by atoms with Crippen molar-refractivity contribution in [3.8, 4) is 11.5 Å². The monoisotopic (exact) mass is 688 g/mol. The zero-order chi connectivity index (χ0) is 35.3.